The SMILES string of the molecule is CCC(N)Cc1ccc(Oc2ccccc2Br)cc1C. The van der Waals surface area contributed by atoms with Crippen LogP contribution >= 0.6 is 15.9 Å². The smallest absolute Gasteiger partial charge is 0.141 e. The third-order valence-corrected chi connectivity index (χ3v) is 4.04. The van der Waals surface area contributed by atoms with Crippen molar-refractivity contribution in [3.8, 4) is 11.5 Å². The quantitative estimate of drug-likeness (QED) is 0.850. The van der Waals surface area contributed by atoms with Crippen LogP contribution in [0.25, 0.3) is 0 Å². The van der Waals surface area contributed by atoms with E-state index >= 15 is 0 Å². The molecule has 0 saturated carbocycles. The molecule has 2 aromatic carbocycles. The van der Waals surface area contributed by atoms with Crippen molar-refractivity contribution in [1.29, 1.82) is 0 Å². The van der Waals surface area contributed by atoms with Gasteiger partial charge < -0.3 is 10.5 Å². The van der Waals surface area contributed by atoms with Crippen molar-refractivity contribution in [3.05, 3.63) is 58.1 Å². The van der Waals surface area contributed by atoms with Crippen molar-refractivity contribution >= 4 is 15.9 Å². The molecule has 20 heavy (non-hydrogen) atoms. The fraction of sp³-hybridized carbons (Fsp3) is 0.294. The van der Waals surface area contributed by atoms with E-state index in [4.69, 9.17) is 10.5 Å². The van der Waals surface area contributed by atoms with Gasteiger partial charge in [0, 0.05) is 6.04 Å². The Labute approximate surface area is 129 Å². The van der Waals surface area contributed by atoms with E-state index < -0.39 is 0 Å². The standard InChI is InChI=1S/C17H20BrNO/c1-3-14(19)11-13-8-9-15(10-12(13)2)20-17-7-5-4-6-16(17)18/h4-10,14H,3,11,19H2,1-2H3. The van der Waals surface area contributed by atoms with Crippen LogP contribution in [0.4, 0.5) is 0 Å². The molecule has 0 heterocycles. The predicted octanol–water partition coefficient (Wildman–Crippen LogP) is 4.83. The summed E-state index contributed by atoms with van der Waals surface area (Å²) in [7, 11) is 0. The molecule has 2 aromatic rings. The van der Waals surface area contributed by atoms with E-state index in [9.17, 15) is 0 Å². The number of ether oxygens (including phenoxy) is 1. The minimum absolute atomic E-state index is 0.226. The van der Waals surface area contributed by atoms with E-state index in [1.54, 1.807) is 0 Å². The second-order valence-corrected chi connectivity index (χ2v) is 5.85. The predicted molar refractivity (Wildman–Crippen MR) is 87.4 cm³/mol. The minimum Gasteiger partial charge on any atom is -0.456 e. The van der Waals surface area contributed by atoms with Crippen LogP contribution < -0.4 is 10.5 Å². The summed E-state index contributed by atoms with van der Waals surface area (Å²) in [4.78, 5) is 0. The molecule has 1 atom stereocenters. The van der Waals surface area contributed by atoms with Gasteiger partial charge in [-0.15, -0.1) is 0 Å². The fourth-order valence-electron chi connectivity index (χ4n) is 2.04. The minimum atomic E-state index is 0.226. The van der Waals surface area contributed by atoms with Gasteiger partial charge in [0.25, 0.3) is 0 Å². The van der Waals surface area contributed by atoms with Crippen LogP contribution in [0.3, 0.4) is 0 Å². The highest BCUT2D eigenvalue weighted by molar-refractivity contribution is 9.10. The highest BCUT2D eigenvalue weighted by Gasteiger charge is 2.07. The molecule has 1 unspecified atom stereocenters. The topological polar surface area (TPSA) is 35.2 Å². The van der Waals surface area contributed by atoms with Crippen LogP contribution in [-0.2, 0) is 6.42 Å². The lowest BCUT2D eigenvalue weighted by atomic mass is 10.00. The van der Waals surface area contributed by atoms with Crippen molar-refractivity contribution in [2.75, 3.05) is 0 Å². The summed E-state index contributed by atoms with van der Waals surface area (Å²) in [5.74, 6) is 1.67. The largest absolute Gasteiger partial charge is 0.456 e. The molecule has 0 bridgehead atoms. The molecule has 0 aliphatic carbocycles. The number of para-hydroxylation sites is 1. The maximum atomic E-state index is 6.02. The van der Waals surface area contributed by atoms with Gasteiger partial charge in [-0.05, 0) is 71.1 Å². The first kappa shape index (κ1) is 15.1. The van der Waals surface area contributed by atoms with Gasteiger partial charge >= 0.3 is 0 Å². The first-order valence-electron chi connectivity index (χ1n) is 6.87. The summed E-state index contributed by atoms with van der Waals surface area (Å²) in [6, 6.07) is 14.2. The monoisotopic (exact) mass is 333 g/mol. The lowest BCUT2D eigenvalue weighted by Crippen LogP contribution is -2.21. The molecule has 0 spiro atoms. The van der Waals surface area contributed by atoms with Gasteiger partial charge in [-0.25, -0.2) is 0 Å². The molecule has 0 aliphatic heterocycles. The van der Waals surface area contributed by atoms with Crippen LogP contribution in [0.2, 0.25) is 0 Å². The molecule has 2 N–H and O–H groups in total. The van der Waals surface area contributed by atoms with Gasteiger partial charge in [0.05, 0.1) is 4.47 Å². The number of benzene rings is 2. The molecule has 2 rings (SSSR count). The molecule has 0 aromatic heterocycles. The van der Waals surface area contributed by atoms with E-state index in [-0.39, 0.29) is 6.04 Å². The number of halogens is 1. The Bertz CT molecular complexity index is 583. The zero-order chi connectivity index (χ0) is 14.5. The molecular formula is C17H20BrNO. The van der Waals surface area contributed by atoms with E-state index in [1.165, 1.54) is 11.1 Å². The highest BCUT2D eigenvalue weighted by Crippen LogP contribution is 2.30. The normalized spacial score (nSPS) is 12.2. The summed E-state index contributed by atoms with van der Waals surface area (Å²) in [5.41, 5.74) is 8.53. The second kappa shape index (κ2) is 6.91. The number of hydrogen-bond acceptors (Lipinski definition) is 2. The van der Waals surface area contributed by atoms with Gasteiger partial charge in [-0.2, -0.15) is 0 Å². The third kappa shape index (κ3) is 3.84. The van der Waals surface area contributed by atoms with Gasteiger partial charge in [-0.3, -0.25) is 0 Å². The summed E-state index contributed by atoms with van der Waals surface area (Å²) in [6.45, 7) is 4.22. The zero-order valence-corrected chi connectivity index (χ0v) is 13.5. The van der Waals surface area contributed by atoms with Crippen molar-refractivity contribution in [2.24, 2.45) is 5.73 Å². The number of aryl methyl sites for hydroxylation is 1. The van der Waals surface area contributed by atoms with Crippen molar-refractivity contribution < 1.29 is 4.74 Å². The van der Waals surface area contributed by atoms with Crippen LogP contribution in [0.1, 0.15) is 24.5 Å². The Balaban J connectivity index is 2.15. The molecule has 0 fully saturated rings. The maximum absolute atomic E-state index is 6.02. The van der Waals surface area contributed by atoms with Crippen LogP contribution in [0.5, 0.6) is 11.5 Å². The fourth-order valence-corrected chi connectivity index (χ4v) is 2.41. The second-order valence-electron chi connectivity index (χ2n) is 4.99. The first-order valence-corrected chi connectivity index (χ1v) is 7.67. The zero-order valence-electron chi connectivity index (χ0n) is 11.9. The number of rotatable bonds is 5. The molecule has 0 aliphatic rings. The Kier molecular flexibility index (Phi) is 5.21. The lowest BCUT2D eigenvalue weighted by Gasteiger charge is -2.13. The molecular weight excluding hydrogens is 314 g/mol. The Morgan fingerprint density at radius 2 is 1.95 bits per heavy atom. The molecule has 2 nitrogen and oxygen atoms in total. The summed E-state index contributed by atoms with van der Waals surface area (Å²) in [6.07, 6.45) is 1.91. The van der Waals surface area contributed by atoms with Crippen molar-refractivity contribution in [1.82, 2.24) is 0 Å². The lowest BCUT2D eigenvalue weighted by molar-refractivity contribution is 0.479. The molecule has 0 radical (unpaired) electrons. The van der Waals surface area contributed by atoms with E-state index in [0.29, 0.717) is 0 Å². The van der Waals surface area contributed by atoms with Crippen molar-refractivity contribution in [2.45, 2.75) is 32.7 Å². The Morgan fingerprint density at radius 3 is 2.60 bits per heavy atom. The van der Waals surface area contributed by atoms with E-state index in [1.807, 2.05) is 30.3 Å². The van der Waals surface area contributed by atoms with Gasteiger partial charge in [0.2, 0.25) is 0 Å². The summed E-state index contributed by atoms with van der Waals surface area (Å²) < 4.78 is 6.85. The summed E-state index contributed by atoms with van der Waals surface area (Å²) >= 11 is 3.49. The van der Waals surface area contributed by atoms with Gasteiger partial charge in [-0.1, -0.05) is 25.1 Å². The highest BCUT2D eigenvalue weighted by atomic mass is 79.9. The van der Waals surface area contributed by atoms with E-state index in [0.717, 1.165) is 28.8 Å². The average Bonchev–Trinajstić information content (AvgIpc) is 2.44. The van der Waals surface area contributed by atoms with Crippen LogP contribution in [-0.4, -0.2) is 6.04 Å². The van der Waals surface area contributed by atoms with Crippen LogP contribution in [0, 0.1) is 6.92 Å². The van der Waals surface area contributed by atoms with E-state index in [2.05, 4.69) is 41.9 Å². The van der Waals surface area contributed by atoms with Crippen molar-refractivity contribution in [3.63, 3.8) is 0 Å². The van der Waals surface area contributed by atoms with Gasteiger partial charge in [0.15, 0.2) is 0 Å². The van der Waals surface area contributed by atoms with Gasteiger partial charge in [0.1, 0.15) is 11.5 Å². The molecule has 3 heteroatoms. The Morgan fingerprint density at radius 1 is 1.20 bits per heavy atom. The number of nitrogens with two attached hydrogens (primary N) is 1. The molecule has 0 amide bonds. The molecule has 0 saturated heterocycles. The molecule has 106 valence electrons. The Hall–Kier alpha value is -1.32. The van der Waals surface area contributed by atoms with Crippen LogP contribution in [0.15, 0.2) is 46.9 Å². The number of hydrogen-bond donors (Lipinski definition) is 1. The average molecular weight is 334 g/mol. The first-order chi connectivity index (χ1) is 9.60. The summed E-state index contributed by atoms with van der Waals surface area (Å²) in [5, 5.41) is 0. The maximum Gasteiger partial charge on any atom is 0.141 e. The third-order valence-electron chi connectivity index (χ3n) is 3.38.